The Morgan fingerprint density at radius 3 is 3.05 bits per heavy atom. The van der Waals surface area contributed by atoms with Crippen molar-refractivity contribution < 1.29 is 4.39 Å². The van der Waals surface area contributed by atoms with Gasteiger partial charge in [-0.3, -0.25) is 4.39 Å². The van der Waals surface area contributed by atoms with Gasteiger partial charge in [0, 0.05) is 16.0 Å². The van der Waals surface area contributed by atoms with E-state index in [1.807, 2.05) is 18.3 Å². The first kappa shape index (κ1) is 13.3. The average Bonchev–Trinajstić information content (AvgIpc) is 2.72. The predicted molar refractivity (Wildman–Crippen MR) is 80.0 cm³/mol. The Bertz CT molecular complexity index is 609. The van der Waals surface area contributed by atoms with Crippen LogP contribution in [0.3, 0.4) is 0 Å². The summed E-state index contributed by atoms with van der Waals surface area (Å²) in [6.07, 6.45) is 3.51. The fourth-order valence-corrected chi connectivity index (χ4v) is 4.97. The molecule has 0 saturated heterocycles. The minimum Gasteiger partial charge on any atom is -0.250 e. The van der Waals surface area contributed by atoms with Gasteiger partial charge in [0.15, 0.2) is 0 Å². The summed E-state index contributed by atoms with van der Waals surface area (Å²) in [4.78, 5) is 11.7. The highest BCUT2D eigenvalue weighted by atomic mass is 32.2. The van der Waals surface area contributed by atoms with Crippen LogP contribution in [0, 0.1) is 12.8 Å². The molecule has 1 unspecified atom stereocenters. The first-order chi connectivity index (χ1) is 9.19. The molecule has 2 aromatic heterocycles. The van der Waals surface area contributed by atoms with Crippen molar-refractivity contribution in [2.75, 3.05) is 12.4 Å². The highest BCUT2D eigenvalue weighted by molar-refractivity contribution is 7.99. The molecule has 0 aromatic carbocycles. The van der Waals surface area contributed by atoms with Crippen LogP contribution in [0.2, 0.25) is 0 Å². The Morgan fingerprint density at radius 1 is 1.42 bits per heavy atom. The Balaban J connectivity index is 2.14. The third-order valence-electron chi connectivity index (χ3n) is 3.55. The zero-order chi connectivity index (χ0) is 13.4. The van der Waals surface area contributed by atoms with Crippen molar-refractivity contribution in [2.45, 2.75) is 38.1 Å². The molecule has 0 N–H and O–H groups in total. The normalized spacial score (nSPS) is 18.8. The minimum atomic E-state index is -0.307. The maximum Gasteiger partial charge on any atom is 0.128 e. The van der Waals surface area contributed by atoms with Gasteiger partial charge in [-0.25, -0.2) is 9.97 Å². The van der Waals surface area contributed by atoms with Gasteiger partial charge in [0.2, 0.25) is 0 Å². The van der Waals surface area contributed by atoms with Crippen molar-refractivity contribution in [3.63, 3.8) is 0 Å². The summed E-state index contributed by atoms with van der Waals surface area (Å²) in [5.74, 6) is 2.03. The number of fused-ring (bicyclic) bond motifs is 3. The molecule has 19 heavy (non-hydrogen) atoms. The largest absolute Gasteiger partial charge is 0.250 e. The van der Waals surface area contributed by atoms with Crippen molar-refractivity contribution in [3.05, 3.63) is 16.3 Å². The first-order valence-electron chi connectivity index (χ1n) is 6.66. The molecule has 1 aliphatic rings. The number of nitrogens with zero attached hydrogens (tertiary/aromatic N) is 2. The number of aromatic nitrogens is 2. The number of aryl methyl sites for hydroxylation is 2. The van der Waals surface area contributed by atoms with Gasteiger partial charge >= 0.3 is 0 Å². The summed E-state index contributed by atoms with van der Waals surface area (Å²) in [6, 6.07) is 0. The van der Waals surface area contributed by atoms with Crippen LogP contribution in [0.25, 0.3) is 10.2 Å². The van der Waals surface area contributed by atoms with Gasteiger partial charge in [-0.15, -0.1) is 23.1 Å². The molecule has 1 aliphatic carbocycles. The molecule has 0 fully saturated rings. The maximum absolute atomic E-state index is 12.4. The van der Waals surface area contributed by atoms with E-state index in [9.17, 15) is 4.39 Å². The number of alkyl halides is 1. The van der Waals surface area contributed by atoms with Crippen molar-refractivity contribution in [1.82, 2.24) is 9.97 Å². The van der Waals surface area contributed by atoms with Crippen molar-refractivity contribution in [2.24, 2.45) is 5.92 Å². The van der Waals surface area contributed by atoms with Crippen molar-refractivity contribution in [3.8, 4) is 0 Å². The molecule has 0 saturated carbocycles. The third-order valence-corrected chi connectivity index (χ3v) is 5.63. The molecule has 0 radical (unpaired) electrons. The standard InChI is InChI=1S/C14H17FN2S2/c1-8-3-4-10-11(7-8)19-14-12(10)13(18-6-5-15)16-9(2)17-14/h8H,3-7H2,1-2H3. The Labute approximate surface area is 120 Å². The van der Waals surface area contributed by atoms with Crippen LogP contribution >= 0.6 is 23.1 Å². The number of rotatable bonds is 3. The van der Waals surface area contributed by atoms with Crippen molar-refractivity contribution in [1.29, 1.82) is 0 Å². The molecule has 2 heterocycles. The Kier molecular flexibility index (Phi) is 3.76. The van der Waals surface area contributed by atoms with E-state index in [-0.39, 0.29) is 6.67 Å². The molecule has 2 nitrogen and oxygen atoms in total. The fourth-order valence-electron chi connectivity index (χ4n) is 2.65. The lowest BCUT2D eigenvalue weighted by Crippen LogP contribution is -2.08. The van der Waals surface area contributed by atoms with E-state index in [0.717, 1.165) is 34.4 Å². The second-order valence-corrected chi connectivity index (χ2v) is 7.31. The SMILES string of the molecule is Cc1nc(SCCF)c2c3c(sc2n1)CC(C)CC3. The van der Waals surface area contributed by atoms with Gasteiger partial charge < -0.3 is 0 Å². The zero-order valence-corrected chi connectivity index (χ0v) is 12.8. The van der Waals surface area contributed by atoms with Gasteiger partial charge in [0.05, 0.1) is 6.67 Å². The minimum absolute atomic E-state index is 0.307. The third kappa shape index (κ3) is 2.50. The smallest absolute Gasteiger partial charge is 0.128 e. The lowest BCUT2D eigenvalue weighted by Gasteiger charge is -2.18. The van der Waals surface area contributed by atoms with Crippen LogP contribution < -0.4 is 0 Å². The molecule has 0 amide bonds. The van der Waals surface area contributed by atoms with E-state index in [1.165, 1.54) is 34.0 Å². The predicted octanol–water partition coefficient (Wildman–Crippen LogP) is 4.19. The van der Waals surface area contributed by atoms with Gasteiger partial charge in [-0.1, -0.05) is 6.92 Å². The van der Waals surface area contributed by atoms with Gasteiger partial charge in [0.25, 0.3) is 0 Å². The van der Waals surface area contributed by atoms with E-state index < -0.39 is 0 Å². The highest BCUT2D eigenvalue weighted by Gasteiger charge is 2.23. The number of thiophene rings is 1. The Hall–Kier alpha value is -0.680. The van der Waals surface area contributed by atoms with Gasteiger partial charge in [-0.05, 0) is 37.7 Å². The number of halogens is 1. The summed E-state index contributed by atoms with van der Waals surface area (Å²) >= 11 is 3.33. The van der Waals surface area contributed by atoms with Crippen molar-refractivity contribution >= 4 is 33.3 Å². The topological polar surface area (TPSA) is 25.8 Å². The van der Waals surface area contributed by atoms with Gasteiger partial charge in [-0.2, -0.15) is 0 Å². The summed E-state index contributed by atoms with van der Waals surface area (Å²) in [5, 5.41) is 2.18. The van der Waals surface area contributed by atoms with Crippen LogP contribution in [-0.4, -0.2) is 22.4 Å². The lowest BCUT2D eigenvalue weighted by molar-refractivity contribution is 0.509. The maximum atomic E-state index is 12.4. The molecule has 5 heteroatoms. The Morgan fingerprint density at radius 2 is 2.26 bits per heavy atom. The highest BCUT2D eigenvalue weighted by Crippen LogP contribution is 2.40. The van der Waals surface area contributed by atoms with Crippen LogP contribution in [0.4, 0.5) is 4.39 Å². The second-order valence-electron chi connectivity index (χ2n) is 5.15. The van der Waals surface area contributed by atoms with Gasteiger partial charge in [0.1, 0.15) is 15.7 Å². The van der Waals surface area contributed by atoms with E-state index in [1.54, 1.807) is 0 Å². The molecule has 0 aliphatic heterocycles. The molecular formula is C14H17FN2S2. The number of hydrogen-bond donors (Lipinski definition) is 0. The summed E-state index contributed by atoms with van der Waals surface area (Å²) in [5.41, 5.74) is 1.43. The molecule has 0 bridgehead atoms. The number of thioether (sulfide) groups is 1. The molecular weight excluding hydrogens is 279 g/mol. The average molecular weight is 296 g/mol. The summed E-state index contributed by atoms with van der Waals surface area (Å²) in [7, 11) is 0. The van der Waals surface area contributed by atoms with Crippen LogP contribution in [0.15, 0.2) is 5.03 Å². The molecule has 102 valence electrons. The fraction of sp³-hybridized carbons (Fsp3) is 0.571. The van der Waals surface area contributed by atoms with Crippen LogP contribution in [-0.2, 0) is 12.8 Å². The van der Waals surface area contributed by atoms with E-state index in [2.05, 4.69) is 16.9 Å². The van der Waals surface area contributed by atoms with Crippen LogP contribution in [0.1, 0.15) is 29.6 Å². The summed E-state index contributed by atoms with van der Waals surface area (Å²) in [6.45, 7) is 3.92. The number of hydrogen-bond acceptors (Lipinski definition) is 4. The molecule has 0 spiro atoms. The van der Waals surface area contributed by atoms with E-state index in [0.29, 0.717) is 5.75 Å². The quantitative estimate of drug-likeness (QED) is 0.627. The zero-order valence-electron chi connectivity index (χ0n) is 11.2. The van der Waals surface area contributed by atoms with E-state index >= 15 is 0 Å². The molecule has 2 aromatic rings. The first-order valence-corrected chi connectivity index (χ1v) is 8.47. The lowest BCUT2D eigenvalue weighted by atomic mass is 9.89. The second kappa shape index (κ2) is 5.37. The van der Waals surface area contributed by atoms with E-state index in [4.69, 9.17) is 0 Å². The molecule has 1 atom stereocenters. The molecule has 3 rings (SSSR count). The van der Waals surface area contributed by atoms with Crippen LogP contribution in [0.5, 0.6) is 0 Å². The summed E-state index contributed by atoms with van der Waals surface area (Å²) < 4.78 is 12.4. The monoisotopic (exact) mass is 296 g/mol.